The Labute approximate surface area is 144 Å². The SMILES string of the molecule is CCN(Cc1ccc(N(C)C)cc1)C(=S)NCc1ccccc1. The molecular weight excluding hydrogens is 302 g/mol. The van der Waals surface area contributed by atoms with Crippen molar-refractivity contribution in [2.75, 3.05) is 25.5 Å². The predicted octanol–water partition coefficient (Wildman–Crippen LogP) is 3.65. The minimum atomic E-state index is 0.760. The van der Waals surface area contributed by atoms with Crippen LogP contribution in [0.15, 0.2) is 54.6 Å². The molecule has 23 heavy (non-hydrogen) atoms. The summed E-state index contributed by atoms with van der Waals surface area (Å²) in [5, 5.41) is 4.15. The lowest BCUT2D eigenvalue weighted by molar-refractivity contribution is 0.427. The van der Waals surface area contributed by atoms with Gasteiger partial charge in [-0.1, -0.05) is 42.5 Å². The van der Waals surface area contributed by atoms with E-state index in [0.29, 0.717) is 0 Å². The molecule has 0 spiro atoms. The van der Waals surface area contributed by atoms with Crippen molar-refractivity contribution in [2.24, 2.45) is 0 Å². The molecule has 3 nitrogen and oxygen atoms in total. The third-order valence-electron chi connectivity index (χ3n) is 3.78. The zero-order valence-corrected chi connectivity index (χ0v) is 14.9. The fourth-order valence-electron chi connectivity index (χ4n) is 2.33. The average molecular weight is 327 g/mol. The van der Waals surface area contributed by atoms with Crippen molar-refractivity contribution in [1.82, 2.24) is 10.2 Å². The molecule has 0 amide bonds. The monoisotopic (exact) mass is 327 g/mol. The van der Waals surface area contributed by atoms with E-state index < -0.39 is 0 Å². The third-order valence-corrected chi connectivity index (χ3v) is 4.18. The van der Waals surface area contributed by atoms with E-state index >= 15 is 0 Å². The zero-order valence-electron chi connectivity index (χ0n) is 14.1. The van der Waals surface area contributed by atoms with Crippen LogP contribution in [0.25, 0.3) is 0 Å². The quantitative estimate of drug-likeness (QED) is 0.816. The van der Waals surface area contributed by atoms with Gasteiger partial charge < -0.3 is 15.1 Å². The van der Waals surface area contributed by atoms with E-state index in [2.05, 4.69) is 72.5 Å². The molecule has 0 atom stereocenters. The standard InChI is InChI=1S/C19H25N3S/c1-4-22(15-17-10-12-18(13-11-17)21(2)3)19(23)20-14-16-8-6-5-7-9-16/h5-13H,4,14-15H2,1-3H3,(H,20,23). The van der Waals surface area contributed by atoms with Crippen molar-refractivity contribution in [3.63, 3.8) is 0 Å². The maximum Gasteiger partial charge on any atom is 0.169 e. The maximum atomic E-state index is 5.55. The maximum absolute atomic E-state index is 5.55. The first-order valence-corrected chi connectivity index (χ1v) is 8.34. The minimum Gasteiger partial charge on any atom is -0.378 e. The number of hydrogen-bond acceptors (Lipinski definition) is 2. The van der Waals surface area contributed by atoms with Gasteiger partial charge in [0.25, 0.3) is 0 Å². The summed E-state index contributed by atoms with van der Waals surface area (Å²) in [4.78, 5) is 4.29. The van der Waals surface area contributed by atoms with Crippen LogP contribution in [0.3, 0.4) is 0 Å². The number of thiocarbonyl (C=S) groups is 1. The average Bonchev–Trinajstić information content (AvgIpc) is 2.59. The lowest BCUT2D eigenvalue weighted by Gasteiger charge is -2.25. The molecule has 2 aromatic carbocycles. The summed E-state index contributed by atoms with van der Waals surface area (Å²) in [5.41, 5.74) is 3.71. The highest BCUT2D eigenvalue weighted by Gasteiger charge is 2.08. The van der Waals surface area contributed by atoms with Gasteiger partial charge in [-0.3, -0.25) is 0 Å². The smallest absolute Gasteiger partial charge is 0.169 e. The molecule has 4 heteroatoms. The van der Waals surface area contributed by atoms with E-state index in [4.69, 9.17) is 12.2 Å². The minimum absolute atomic E-state index is 0.760. The van der Waals surface area contributed by atoms with Crippen LogP contribution >= 0.6 is 12.2 Å². The second-order valence-electron chi connectivity index (χ2n) is 5.72. The van der Waals surface area contributed by atoms with E-state index in [-0.39, 0.29) is 0 Å². The molecule has 0 heterocycles. The van der Waals surface area contributed by atoms with Crippen molar-refractivity contribution in [1.29, 1.82) is 0 Å². The summed E-state index contributed by atoms with van der Waals surface area (Å²) >= 11 is 5.55. The first-order valence-electron chi connectivity index (χ1n) is 7.93. The molecule has 0 aliphatic rings. The molecule has 0 aliphatic carbocycles. The van der Waals surface area contributed by atoms with Crippen LogP contribution in [-0.2, 0) is 13.1 Å². The number of benzene rings is 2. The number of nitrogens with zero attached hydrogens (tertiary/aromatic N) is 2. The van der Waals surface area contributed by atoms with Gasteiger partial charge in [0.15, 0.2) is 5.11 Å². The predicted molar refractivity (Wildman–Crippen MR) is 103 cm³/mol. The van der Waals surface area contributed by atoms with E-state index in [0.717, 1.165) is 24.7 Å². The van der Waals surface area contributed by atoms with Gasteiger partial charge in [0.1, 0.15) is 0 Å². The molecule has 0 fully saturated rings. The lowest BCUT2D eigenvalue weighted by atomic mass is 10.2. The molecule has 0 bridgehead atoms. The van der Waals surface area contributed by atoms with Gasteiger partial charge >= 0.3 is 0 Å². The largest absolute Gasteiger partial charge is 0.378 e. The molecule has 0 aliphatic heterocycles. The molecule has 1 N–H and O–H groups in total. The highest BCUT2D eigenvalue weighted by atomic mass is 32.1. The van der Waals surface area contributed by atoms with E-state index in [1.165, 1.54) is 16.8 Å². The van der Waals surface area contributed by atoms with Gasteiger partial charge in [0.05, 0.1) is 0 Å². The van der Waals surface area contributed by atoms with Crippen LogP contribution in [-0.4, -0.2) is 30.7 Å². The van der Waals surface area contributed by atoms with Gasteiger partial charge in [0, 0.05) is 39.4 Å². The summed E-state index contributed by atoms with van der Waals surface area (Å²) in [6.07, 6.45) is 0. The van der Waals surface area contributed by atoms with Crippen LogP contribution < -0.4 is 10.2 Å². The van der Waals surface area contributed by atoms with Crippen LogP contribution in [0.1, 0.15) is 18.1 Å². The van der Waals surface area contributed by atoms with Gasteiger partial charge in [-0.15, -0.1) is 0 Å². The Bertz CT molecular complexity index is 608. The van der Waals surface area contributed by atoms with Crippen LogP contribution in [0.2, 0.25) is 0 Å². The fourth-order valence-corrected chi connectivity index (χ4v) is 2.60. The molecule has 0 saturated heterocycles. The van der Waals surface area contributed by atoms with Crippen LogP contribution in [0.5, 0.6) is 0 Å². The topological polar surface area (TPSA) is 18.5 Å². The lowest BCUT2D eigenvalue weighted by Crippen LogP contribution is -2.38. The van der Waals surface area contributed by atoms with E-state index in [1.54, 1.807) is 0 Å². The van der Waals surface area contributed by atoms with Crippen LogP contribution in [0, 0.1) is 0 Å². The van der Waals surface area contributed by atoms with Crippen molar-refractivity contribution in [3.05, 3.63) is 65.7 Å². The van der Waals surface area contributed by atoms with Crippen LogP contribution in [0.4, 0.5) is 5.69 Å². The number of hydrogen-bond donors (Lipinski definition) is 1. The van der Waals surface area contributed by atoms with Gasteiger partial charge in [0.2, 0.25) is 0 Å². The third kappa shape index (κ3) is 5.25. The second-order valence-corrected chi connectivity index (χ2v) is 6.11. The van der Waals surface area contributed by atoms with Crippen molar-refractivity contribution >= 4 is 23.0 Å². The summed E-state index contributed by atoms with van der Waals surface area (Å²) in [5.74, 6) is 0. The van der Waals surface area contributed by atoms with E-state index in [9.17, 15) is 0 Å². The Hall–Kier alpha value is -2.07. The Morgan fingerprint density at radius 2 is 1.61 bits per heavy atom. The Morgan fingerprint density at radius 3 is 2.17 bits per heavy atom. The molecule has 0 unspecified atom stereocenters. The Balaban J connectivity index is 1.92. The summed E-state index contributed by atoms with van der Waals surface area (Å²) < 4.78 is 0. The van der Waals surface area contributed by atoms with Crippen molar-refractivity contribution < 1.29 is 0 Å². The first kappa shape index (κ1) is 17.3. The summed E-state index contributed by atoms with van der Waals surface area (Å²) in [7, 11) is 4.10. The van der Waals surface area contributed by atoms with Crippen molar-refractivity contribution in [3.8, 4) is 0 Å². The normalized spacial score (nSPS) is 10.2. The molecule has 2 rings (SSSR count). The highest BCUT2D eigenvalue weighted by molar-refractivity contribution is 7.80. The highest BCUT2D eigenvalue weighted by Crippen LogP contribution is 2.14. The van der Waals surface area contributed by atoms with Gasteiger partial charge in [-0.25, -0.2) is 0 Å². The molecule has 0 saturated carbocycles. The summed E-state index contributed by atoms with van der Waals surface area (Å²) in [6, 6.07) is 18.9. The molecule has 122 valence electrons. The number of nitrogens with one attached hydrogen (secondary N) is 1. The molecule has 0 radical (unpaired) electrons. The first-order chi connectivity index (χ1) is 11.1. The van der Waals surface area contributed by atoms with Gasteiger partial charge in [-0.05, 0) is 42.4 Å². The fraction of sp³-hybridized carbons (Fsp3) is 0.316. The zero-order chi connectivity index (χ0) is 16.7. The van der Waals surface area contributed by atoms with E-state index in [1.807, 2.05) is 18.2 Å². The molecule has 0 aromatic heterocycles. The summed E-state index contributed by atoms with van der Waals surface area (Å²) in [6.45, 7) is 4.60. The van der Waals surface area contributed by atoms with Crippen molar-refractivity contribution in [2.45, 2.75) is 20.0 Å². The molecular formula is C19H25N3S. The molecule has 2 aromatic rings. The Morgan fingerprint density at radius 1 is 0.957 bits per heavy atom. The van der Waals surface area contributed by atoms with Gasteiger partial charge in [-0.2, -0.15) is 0 Å². The Kier molecular flexibility index (Phi) is 6.41. The number of rotatable bonds is 6. The second kappa shape index (κ2) is 8.53. The number of anilines is 1.